The van der Waals surface area contributed by atoms with Crippen molar-refractivity contribution in [3.05, 3.63) is 17.5 Å². The fourth-order valence-corrected chi connectivity index (χ4v) is 2.57. The maximum atomic E-state index is 12.2. The summed E-state index contributed by atoms with van der Waals surface area (Å²) < 4.78 is 12.7. The van der Waals surface area contributed by atoms with Crippen molar-refractivity contribution in [1.29, 1.82) is 0 Å². The molecule has 1 saturated heterocycles. The van der Waals surface area contributed by atoms with Gasteiger partial charge in [0.15, 0.2) is 5.78 Å². The zero-order chi connectivity index (χ0) is 17.0. The van der Waals surface area contributed by atoms with Crippen molar-refractivity contribution >= 4 is 11.8 Å². The Kier molecular flexibility index (Phi) is 5.57. The minimum Gasteiger partial charge on any atom is -0.460 e. The van der Waals surface area contributed by atoms with Gasteiger partial charge >= 0.3 is 5.97 Å². The Morgan fingerprint density at radius 2 is 2.09 bits per heavy atom. The third-order valence-corrected chi connectivity index (χ3v) is 3.61. The molecule has 23 heavy (non-hydrogen) atoms. The van der Waals surface area contributed by atoms with Crippen molar-refractivity contribution in [2.24, 2.45) is 0 Å². The second-order valence-corrected chi connectivity index (χ2v) is 6.95. The number of hydrogen-bond donors (Lipinski definition) is 0. The summed E-state index contributed by atoms with van der Waals surface area (Å²) >= 11 is 0. The molecule has 0 amide bonds. The highest BCUT2D eigenvalue weighted by molar-refractivity contribution is 5.96. The van der Waals surface area contributed by atoms with Crippen LogP contribution in [-0.4, -0.2) is 33.7 Å². The van der Waals surface area contributed by atoms with Crippen LogP contribution in [0.4, 0.5) is 0 Å². The van der Waals surface area contributed by atoms with Crippen LogP contribution in [0.3, 0.4) is 0 Å². The number of carbonyl (C=O) groups excluding carboxylic acids is 2. The van der Waals surface area contributed by atoms with Crippen molar-refractivity contribution in [3.63, 3.8) is 0 Å². The first kappa shape index (κ1) is 17.7. The first-order chi connectivity index (χ1) is 10.8. The molecular weight excluding hydrogens is 296 g/mol. The zero-order valence-corrected chi connectivity index (χ0v) is 14.4. The van der Waals surface area contributed by atoms with Gasteiger partial charge in [-0.05, 0) is 53.0 Å². The van der Waals surface area contributed by atoms with E-state index in [4.69, 9.17) is 9.47 Å². The van der Waals surface area contributed by atoms with E-state index in [1.165, 1.54) is 0 Å². The van der Waals surface area contributed by atoms with Crippen LogP contribution in [-0.2, 0) is 14.3 Å². The Morgan fingerprint density at radius 3 is 2.70 bits per heavy atom. The average Bonchev–Trinajstić information content (AvgIpc) is 2.86. The third-order valence-electron chi connectivity index (χ3n) is 3.61. The van der Waals surface area contributed by atoms with E-state index in [-0.39, 0.29) is 30.8 Å². The second kappa shape index (κ2) is 7.25. The van der Waals surface area contributed by atoms with Crippen LogP contribution in [0.25, 0.3) is 0 Å². The molecule has 1 unspecified atom stereocenters. The lowest BCUT2D eigenvalue weighted by atomic mass is 10.1. The van der Waals surface area contributed by atoms with E-state index in [0.29, 0.717) is 5.69 Å². The highest BCUT2D eigenvalue weighted by Crippen LogP contribution is 2.24. The van der Waals surface area contributed by atoms with E-state index < -0.39 is 5.60 Å². The lowest BCUT2D eigenvalue weighted by Crippen LogP contribution is -2.24. The van der Waals surface area contributed by atoms with E-state index in [1.807, 2.05) is 27.7 Å². The molecule has 1 aromatic heterocycles. The van der Waals surface area contributed by atoms with Crippen LogP contribution in [0.2, 0.25) is 0 Å². The van der Waals surface area contributed by atoms with Crippen LogP contribution in [0.15, 0.2) is 6.07 Å². The fraction of sp³-hybridized carbons (Fsp3) is 0.706. The summed E-state index contributed by atoms with van der Waals surface area (Å²) in [7, 11) is 0. The number of aryl methyl sites for hydroxylation is 1. The molecule has 0 saturated carbocycles. The fourth-order valence-electron chi connectivity index (χ4n) is 2.57. The summed E-state index contributed by atoms with van der Waals surface area (Å²) in [5.74, 6) is -0.508. The summed E-state index contributed by atoms with van der Waals surface area (Å²) in [6.07, 6.45) is 3.17. The number of rotatable bonds is 5. The number of ketones is 1. The van der Waals surface area contributed by atoms with Gasteiger partial charge in [-0.1, -0.05) is 0 Å². The Balaban J connectivity index is 1.93. The Morgan fingerprint density at radius 1 is 1.35 bits per heavy atom. The Hall–Kier alpha value is -1.69. The van der Waals surface area contributed by atoms with Crippen LogP contribution < -0.4 is 0 Å². The molecule has 1 aliphatic heterocycles. The van der Waals surface area contributed by atoms with E-state index >= 15 is 0 Å². The van der Waals surface area contributed by atoms with Crippen molar-refractivity contribution in [1.82, 2.24) is 9.78 Å². The molecule has 1 atom stereocenters. The molecule has 2 rings (SSSR count). The van der Waals surface area contributed by atoms with Gasteiger partial charge in [0.1, 0.15) is 17.5 Å². The highest BCUT2D eigenvalue weighted by atomic mass is 16.6. The van der Waals surface area contributed by atoms with Gasteiger partial charge < -0.3 is 9.47 Å². The third kappa shape index (κ3) is 5.16. The van der Waals surface area contributed by atoms with Crippen LogP contribution in [0.1, 0.15) is 75.3 Å². The maximum Gasteiger partial charge on any atom is 0.306 e. The molecule has 6 nitrogen and oxygen atoms in total. The average molecular weight is 322 g/mol. The number of hydrogen-bond acceptors (Lipinski definition) is 5. The number of Topliss-reactive ketones (excluding diaryl/α,β-unsaturated/α-hetero) is 1. The zero-order valence-electron chi connectivity index (χ0n) is 14.4. The number of nitrogens with zero attached hydrogens (tertiary/aromatic N) is 2. The molecule has 0 radical (unpaired) electrons. The van der Waals surface area contributed by atoms with Crippen molar-refractivity contribution in [2.45, 2.75) is 71.6 Å². The van der Waals surface area contributed by atoms with E-state index in [0.717, 1.165) is 31.6 Å². The minimum atomic E-state index is -0.531. The van der Waals surface area contributed by atoms with Gasteiger partial charge in [0.25, 0.3) is 0 Å². The van der Waals surface area contributed by atoms with E-state index in [9.17, 15) is 9.59 Å². The number of ether oxygens (including phenoxy) is 2. The summed E-state index contributed by atoms with van der Waals surface area (Å²) in [6, 6.07) is 1.76. The number of esters is 1. The molecule has 0 aliphatic carbocycles. The van der Waals surface area contributed by atoms with Gasteiger partial charge in [0.05, 0.1) is 6.42 Å². The molecule has 0 spiro atoms. The molecule has 1 fully saturated rings. The summed E-state index contributed by atoms with van der Waals surface area (Å²) in [5, 5.41) is 4.38. The molecule has 1 aliphatic rings. The molecule has 6 heteroatoms. The van der Waals surface area contributed by atoms with Gasteiger partial charge in [-0.15, -0.1) is 0 Å². The summed E-state index contributed by atoms with van der Waals surface area (Å²) in [5.41, 5.74) is 0.758. The molecule has 2 heterocycles. The molecule has 0 bridgehead atoms. The molecule has 0 N–H and O–H groups in total. The van der Waals surface area contributed by atoms with Crippen LogP contribution in [0.5, 0.6) is 0 Å². The topological polar surface area (TPSA) is 70.4 Å². The highest BCUT2D eigenvalue weighted by Gasteiger charge is 2.22. The Bertz CT molecular complexity index is 566. The molecule has 0 aromatic carbocycles. The molecular formula is C17H26N2O4. The van der Waals surface area contributed by atoms with Gasteiger partial charge in [-0.2, -0.15) is 5.10 Å². The largest absolute Gasteiger partial charge is 0.460 e. The predicted octanol–water partition coefficient (Wildman–Crippen LogP) is 3.20. The maximum absolute atomic E-state index is 12.2. The van der Waals surface area contributed by atoms with Crippen molar-refractivity contribution < 1.29 is 19.1 Å². The minimum absolute atomic E-state index is 0.0714. The van der Waals surface area contributed by atoms with E-state index in [2.05, 4.69) is 5.10 Å². The normalized spacial score (nSPS) is 18.7. The second-order valence-electron chi connectivity index (χ2n) is 6.95. The first-order valence-corrected chi connectivity index (χ1v) is 8.19. The SMILES string of the molecule is Cc1cc(C(=O)CCC(=O)OC(C)(C)C)nn1C1CCCCO1. The quantitative estimate of drug-likeness (QED) is 0.615. The summed E-state index contributed by atoms with van der Waals surface area (Å²) in [4.78, 5) is 23.9. The molecule has 1 aromatic rings. The van der Waals surface area contributed by atoms with Gasteiger partial charge in [-0.3, -0.25) is 9.59 Å². The van der Waals surface area contributed by atoms with E-state index in [1.54, 1.807) is 10.7 Å². The smallest absolute Gasteiger partial charge is 0.306 e. The Labute approximate surface area is 137 Å². The lowest BCUT2D eigenvalue weighted by molar-refractivity contribution is -0.154. The van der Waals surface area contributed by atoms with Crippen molar-refractivity contribution in [2.75, 3.05) is 6.61 Å². The van der Waals surface area contributed by atoms with Crippen molar-refractivity contribution in [3.8, 4) is 0 Å². The van der Waals surface area contributed by atoms with Crippen LogP contribution in [0, 0.1) is 6.92 Å². The van der Waals surface area contributed by atoms with Crippen LogP contribution >= 0.6 is 0 Å². The standard InChI is InChI=1S/C17H26N2O4/c1-12-11-13(18-19(12)15-7-5-6-10-22-15)14(20)8-9-16(21)23-17(2,3)4/h11,15H,5-10H2,1-4H3. The lowest BCUT2D eigenvalue weighted by Gasteiger charge is -2.23. The number of carbonyl (C=O) groups is 2. The monoisotopic (exact) mass is 322 g/mol. The molecule has 128 valence electrons. The summed E-state index contributed by atoms with van der Waals surface area (Å²) in [6.45, 7) is 8.06. The van der Waals surface area contributed by atoms with Gasteiger partial charge in [0, 0.05) is 18.7 Å². The number of aromatic nitrogens is 2. The predicted molar refractivity (Wildman–Crippen MR) is 85.2 cm³/mol. The van der Waals surface area contributed by atoms with Gasteiger partial charge in [-0.25, -0.2) is 4.68 Å². The van der Waals surface area contributed by atoms with Gasteiger partial charge in [0.2, 0.25) is 0 Å². The first-order valence-electron chi connectivity index (χ1n) is 8.19.